The third kappa shape index (κ3) is 5.75. The first-order valence-electron chi connectivity index (χ1n) is 8.75. The van der Waals surface area contributed by atoms with Gasteiger partial charge in [0.2, 0.25) is 11.9 Å². The van der Waals surface area contributed by atoms with Crippen LogP contribution in [0.15, 0.2) is 63.9 Å². The van der Waals surface area contributed by atoms with Crippen molar-refractivity contribution in [1.29, 1.82) is 0 Å². The van der Waals surface area contributed by atoms with Gasteiger partial charge in [0, 0.05) is 22.1 Å². The Kier molecular flexibility index (Phi) is 6.14. The molecule has 1 aromatic heterocycles. The Bertz CT molecular complexity index is 1140. The summed E-state index contributed by atoms with van der Waals surface area (Å²) < 4.78 is 29.5. The minimum Gasteiger partial charge on any atom is -0.325 e. The number of sulfonamides is 1. The van der Waals surface area contributed by atoms with E-state index in [-0.39, 0.29) is 16.8 Å². The summed E-state index contributed by atoms with van der Waals surface area (Å²) in [6, 6.07) is 15.1. The van der Waals surface area contributed by atoms with Crippen LogP contribution in [0.5, 0.6) is 0 Å². The molecular weight excluding hydrogens is 410 g/mol. The molecule has 0 saturated carbocycles. The molecule has 150 valence electrons. The van der Waals surface area contributed by atoms with Gasteiger partial charge in [0.15, 0.2) is 0 Å². The number of rotatable bonds is 4. The molecule has 0 aliphatic rings. The number of aromatic nitrogens is 2. The van der Waals surface area contributed by atoms with Gasteiger partial charge >= 0.3 is 0 Å². The molecule has 0 radical (unpaired) electrons. The predicted molar refractivity (Wildman–Crippen MR) is 116 cm³/mol. The van der Waals surface area contributed by atoms with E-state index in [4.69, 9.17) is 11.6 Å². The maximum Gasteiger partial charge on any atom is 0.285 e. The number of guanidine groups is 1. The summed E-state index contributed by atoms with van der Waals surface area (Å²) in [4.78, 5) is 8.61. The maximum absolute atomic E-state index is 12.8. The second-order valence-corrected chi connectivity index (χ2v) is 8.50. The smallest absolute Gasteiger partial charge is 0.285 e. The zero-order valence-corrected chi connectivity index (χ0v) is 17.7. The van der Waals surface area contributed by atoms with Crippen molar-refractivity contribution in [2.45, 2.75) is 25.7 Å². The summed E-state index contributed by atoms with van der Waals surface area (Å²) in [5.41, 5.74) is 3.18. The van der Waals surface area contributed by atoms with E-state index in [1.54, 1.807) is 0 Å². The Balaban J connectivity index is 2.01. The molecule has 0 amide bonds. The van der Waals surface area contributed by atoms with Crippen molar-refractivity contribution in [3.8, 4) is 0 Å². The van der Waals surface area contributed by atoms with Crippen LogP contribution in [0.3, 0.4) is 0 Å². The summed E-state index contributed by atoms with van der Waals surface area (Å²) >= 11 is 5.85. The van der Waals surface area contributed by atoms with Crippen molar-refractivity contribution < 1.29 is 8.42 Å². The Labute approximate surface area is 175 Å². The highest BCUT2D eigenvalue weighted by Crippen LogP contribution is 2.17. The van der Waals surface area contributed by atoms with Crippen molar-refractivity contribution in [3.05, 3.63) is 76.6 Å². The first-order chi connectivity index (χ1) is 13.7. The van der Waals surface area contributed by atoms with Crippen LogP contribution in [-0.4, -0.2) is 24.3 Å². The Morgan fingerprint density at radius 2 is 1.59 bits per heavy atom. The molecule has 3 aromatic rings. The third-order valence-electron chi connectivity index (χ3n) is 3.82. The molecule has 0 aliphatic heterocycles. The lowest BCUT2D eigenvalue weighted by molar-refractivity contribution is 0.598. The van der Waals surface area contributed by atoms with Crippen LogP contribution in [0, 0.1) is 20.8 Å². The van der Waals surface area contributed by atoms with E-state index in [1.807, 2.05) is 51.1 Å². The van der Waals surface area contributed by atoms with Crippen LogP contribution >= 0.6 is 11.6 Å². The molecule has 0 spiro atoms. The summed E-state index contributed by atoms with van der Waals surface area (Å²) in [7, 11) is -4.00. The fourth-order valence-corrected chi connectivity index (χ4v) is 3.65. The first-order valence-corrected chi connectivity index (χ1v) is 10.6. The molecular formula is C20H20ClN5O2S. The van der Waals surface area contributed by atoms with Crippen molar-refractivity contribution >= 4 is 39.2 Å². The molecule has 2 aromatic carbocycles. The highest BCUT2D eigenvalue weighted by Gasteiger charge is 2.16. The highest BCUT2D eigenvalue weighted by atomic mass is 35.5. The molecule has 0 aliphatic carbocycles. The number of anilines is 2. The third-order valence-corrected chi connectivity index (χ3v) is 5.36. The Hall–Kier alpha value is -2.97. The number of benzene rings is 2. The molecule has 0 atom stereocenters. The SMILES string of the molecule is Cc1cccc(N/C(=N/S(=O)(=O)c2ccc(Cl)cc2)Nc2nc(C)cc(C)n2)c1. The van der Waals surface area contributed by atoms with E-state index >= 15 is 0 Å². The van der Waals surface area contributed by atoms with E-state index in [0.29, 0.717) is 10.7 Å². The second-order valence-electron chi connectivity index (χ2n) is 6.46. The molecule has 2 N–H and O–H groups in total. The summed E-state index contributed by atoms with van der Waals surface area (Å²) in [5.74, 6) is 0.225. The van der Waals surface area contributed by atoms with E-state index in [1.165, 1.54) is 24.3 Å². The predicted octanol–water partition coefficient (Wildman–Crippen LogP) is 4.32. The minimum atomic E-state index is -4.00. The Morgan fingerprint density at radius 3 is 2.21 bits per heavy atom. The average Bonchev–Trinajstić information content (AvgIpc) is 2.60. The fourth-order valence-electron chi connectivity index (χ4n) is 2.60. The van der Waals surface area contributed by atoms with Crippen LogP contribution in [0.2, 0.25) is 5.02 Å². The molecule has 0 saturated heterocycles. The van der Waals surface area contributed by atoms with Crippen LogP contribution in [-0.2, 0) is 10.0 Å². The molecule has 9 heteroatoms. The van der Waals surface area contributed by atoms with Gasteiger partial charge in [-0.3, -0.25) is 5.32 Å². The average molecular weight is 430 g/mol. The molecule has 7 nitrogen and oxygen atoms in total. The standard InChI is InChI=1S/C20H20ClN5O2S/c1-13-5-4-6-17(11-13)24-20(25-19-22-14(2)12-15(3)23-19)26-29(27,28)18-9-7-16(21)8-10-18/h4-12H,1-3H3,(H2,22,23,24,25,26). The number of halogens is 1. The monoisotopic (exact) mass is 429 g/mol. The fraction of sp³-hybridized carbons (Fsp3) is 0.150. The van der Waals surface area contributed by atoms with E-state index < -0.39 is 10.0 Å². The number of hydrogen-bond donors (Lipinski definition) is 2. The van der Waals surface area contributed by atoms with Crippen molar-refractivity contribution in [2.24, 2.45) is 4.40 Å². The van der Waals surface area contributed by atoms with E-state index in [0.717, 1.165) is 17.0 Å². The van der Waals surface area contributed by atoms with Gasteiger partial charge in [0.25, 0.3) is 10.0 Å². The molecule has 0 fully saturated rings. The van der Waals surface area contributed by atoms with Crippen LogP contribution < -0.4 is 10.6 Å². The lowest BCUT2D eigenvalue weighted by atomic mass is 10.2. The summed E-state index contributed by atoms with van der Waals surface area (Å²) in [5, 5.41) is 6.31. The number of nitrogens with one attached hydrogen (secondary N) is 2. The first kappa shape index (κ1) is 20.8. The highest BCUT2D eigenvalue weighted by molar-refractivity contribution is 7.90. The lowest BCUT2D eigenvalue weighted by Crippen LogP contribution is -2.25. The van der Waals surface area contributed by atoms with Gasteiger partial charge in [-0.15, -0.1) is 4.40 Å². The molecule has 0 unspecified atom stereocenters. The number of hydrogen-bond acceptors (Lipinski definition) is 4. The molecule has 3 rings (SSSR count). The lowest BCUT2D eigenvalue weighted by Gasteiger charge is -2.13. The molecule has 1 heterocycles. The van der Waals surface area contributed by atoms with Crippen LogP contribution in [0.4, 0.5) is 11.6 Å². The van der Waals surface area contributed by atoms with E-state index in [2.05, 4.69) is 25.0 Å². The summed E-state index contributed by atoms with van der Waals surface area (Å²) in [6.45, 7) is 5.59. The maximum atomic E-state index is 12.8. The van der Waals surface area contributed by atoms with Gasteiger partial charge in [-0.1, -0.05) is 23.7 Å². The quantitative estimate of drug-likeness (QED) is 0.473. The second kappa shape index (κ2) is 8.59. The topological polar surface area (TPSA) is 96.3 Å². The Morgan fingerprint density at radius 1 is 0.931 bits per heavy atom. The van der Waals surface area contributed by atoms with Gasteiger partial charge in [-0.2, -0.15) is 8.42 Å². The van der Waals surface area contributed by atoms with Gasteiger partial charge in [-0.25, -0.2) is 9.97 Å². The van der Waals surface area contributed by atoms with Crippen LogP contribution in [0.1, 0.15) is 17.0 Å². The van der Waals surface area contributed by atoms with E-state index in [9.17, 15) is 8.42 Å². The zero-order valence-electron chi connectivity index (χ0n) is 16.1. The normalized spacial score (nSPS) is 11.9. The molecule has 29 heavy (non-hydrogen) atoms. The van der Waals surface area contributed by atoms with Crippen molar-refractivity contribution in [1.82, 2.24) is 9.97 Å². The van der Waals surface area contributed by atoms with Crippen molar-refractivity contribution in [2.75, 3.05) is 10.6 Å². The van der Waals surface area contributed by atoms with Gasteiger partial charge in [-0.05, 0) is 68.8 Å². The van der Waals surface area contributed by atoms with Gasteiger partial charge < -0.3 is 5.32 Å². The van der Waals surface area contributed by atoms with Crippen molar-refractivity contribution in [3.63, 3.8) is 0 Å². The van der Waals surface area contributed by atoms with Gasteiger partial charge in [0.1, 0.15) is 0 Å². The number of aryl methyl sites for hydroxylation is 3. The minimum absolute atomic E-state index is 0.0180. The molecule has 0 bridgehead atoms. The zero-order chi connectivity index (χ0) is 21.0. The summed E-state index contributed by atoms with van der Waals surface area (Å²) in [6.07, 6.45) is 0. The van der Waals surface area contributed by atoms with Crippen LogP contribution in [0.25, 0.3) is 0 Å². The largest absolute Gasteiger partial charge is 0.325 e. The number of nitrogens with zero attached hydrogens (tertiary/aromatic N) is 3. The van der Waals surface area contributed by atoms with Gasteiger partial charge in [0.05, 0.1) is 4.90 Å².